The molecule has 0 amide bonds. The summed E-state index contributed by atoms with van der Waals surface area (Å²) in [6.07, 6.45) is 5.53. The Hall–Kier alpha value is 0.0300. The van der Waals surface area contributed by atoms with Gasteiger partial charge >= 0.3 is 0 Å². The van der Waals surface area contributed by atoms with Crippen LogP contribution in [0.1, 0.15) is 25.7 Å². The van der Waals surface area contributed by atoms with Gasteiger partial charge < -0.3 is 0 Å². The van der Waals surface area contributed by atoms with Crippen LogP contribution in [0.4, 0.5) is 0 Å². The average Bonchev–Trinajstić information content (AvgIpc) is 2.07. The predicted molar refractivity (Wildman–Crippen MR) is 51.2 cm³/mol. The van der Waals surface area contributed by atoms with Crippen LogP contribution < -0.4 is 0 Å². The molecule has 0 aromatic heterocycles. The van der Waals surface area contributed by atoms with Crippen LogP contribution in [0, 0.1) is 23.7 Å². The zero-order valence-corrected chi connectivity index (χ0v) is 8.06. The van der Waals surface area contributed by atoms with Crippen LogP contribution in [0.25, 0.3) is 0 Å². The molecule has 0 unspecified atom stereocenters. The molecule has 1 heteroatoms. The maximum atomic E-state index is 6.40. The summed E-state index contributed by atoms with van der Waals surface area (Å²) < 4.78 is 0. The molecule has 0 aromatic carbocycles. The highest BCUT2D eigenvalue weighted by atomic mass is 35.5. The highest BCUT2D eigenvalue weighted by molar-refractivity contribution is 6.21. The van der Waals surface area contributed by atoms with Gasteiger partial charge in [-0.25, -0.2) is 0 Å². The van der Waals surface area contributed by atoms with Crippen molar-refractivity contribution in [2.75, 3.05) is 0 Å². The SMILES string of the molecule is C=C1[C@@H]2C[C@H]3C[C@H](C2)[C@H](Cl)[C@@H]1C3. The van der Waals surface area contributed by atoms with Crippen LogP contribution in [-0.4, -0.2) is 5.38 Å². The maximum absolute atomic E-state index is 6.40. The first-order valence-electron chi connectivity index (χ1n) is 5.08. The Morgan fingerprint density at radius 1 is 1.17 bits per heavy atom. The van der Waals surface area contributed by atoms with Crippen molar-refractivity contribution in [1.82, 2.24) is 0 Å². The summed E-state index contributed by atoms with van der Waals surface area (Å²) in [6.45, 7) is 4.22. The largest absolute Gasteiger partial charge is 0.122 e. The summed E-state index contributed by atoms with van der Waals surface area (Å²) in [6, 6.07) is 0. The normalized spacial score (nSPS) is 56.4. The highest BCUT2D eigenvalue weighted by Gasteiger charge is 2.49. The molecule has 0 radical (unpaired) electrons. The molecule has 0 nitrogen and oxygen atoms in total. The Kier molecular flexibility index (Phi) is 1.42. The Morgan fingerprint density at radius 3 is 2.83 bits per heavy atom. The van der Waals surface area contributed by atoms with Crippen LogP contribution in [0.2, 0.25) is 0 Å². The number of halogens is 1. The van der Waals surface area contributed by atoms with Crippen molar-refractivity contribution >= 4 is 11.6 Å². The van der Waals surface area contributed by atoms with Crippen LogP contribution >= 0.6 is 11.6 Å². The summed E-state index contributed by atoms with van der Waals surface area (Å²) >= 11 is 6.40. The molecular weight excluding hydrogens is 168 g/mol. The van der Waals surface area contributed by atoms with E-state index in [2.05, 4.69) is 6.58 Å². The number of alkyl halides is 1. The second-order valence-electron chi connectivity index (χ2n) is 4.89. The van der Waals surface area contributed by atoms with Gasteiger partial charge in [0.15, 0.2) is 0 Å². The molecular formula is C11H15Cl. The molecule has 4 aliphatic carbocycles. The molecule has 4 fully saturated rings. The average molecular weight is 183 g/mol. The van der Waals surface area contributed by atoms with Crippen molar-refractivity contribution in [3.63, 3.8) is 0 Å². The van der Waals surface area contributed by atoms with Gasteiger partial charge in [-0.15, -0.1) is 11.6 Å². The van der Waals surface area contributed by atoms with E-state index in [4.69, 9.17) is 11.6 Å². The van der Waals surface area contributed by atoms with E-state index < -0.39 is 0 Å². The smallest absolute Gasteiger partial charge is 0.0429 e. The lowest BCUT2D eigenvalue weighted by Crippen LogP contribution is -2.47. The summed E-state index contributed by atoms with van der Waals surface area (Å²) in [7, 11) is 0. The minimum Gasteiger partial charge on any atom is -0.122 e. The van der Waals surface area contributed by atoms with Gasteiger partial charge in [-0.2, -0.15) is 0 Å². The zero-order valence-electron chi connectivity index (χ0n) is 7.30. The third-order valence-electron chi connectivity index (χ3n) is 4.26. The van der Waals surface area contributed by atoms with E-state index in [9.17, 15) is 0 Å². The van der Waals surface area contributed by atoms with Gasteiger partial charge in [-0.1, -0.05) is 12.2 Å². The standard InChI is InChI=1S/C11H15Cl/c1-6-8-2-7-3-9(5-8)11(12)10(6)4-7/h7-11H,1-5H2/t7-,8+,9+,10+,11-/m0/s1. The van der Waals surface area contributed by atoms with Crippen molar-refractivity contribution in [1.29, 1.82) is 0 Å². The summed E-state index contributed by atoms with van der Waals surface area (Å²) in [5.74, 6) is 3.37. The van der Waals surface area contributed by atoms with Crippen molar-refractivity contribution in [2.45, 2.75) is 31.1 Å². The molecule has 4 saturated carbocycles. The van der Waals surface area contributed by atoms with Crippen molar-refractivity contribution < 1.29 is 0 Å². The second kappa shape index (κ2) is 2.29. The van der Waals surface area contributed by atoms with Gasteiger partial charge in [-0.05, 0) is 49.4 Å². The topological polar surface area (TPSA) is 0 Å². The third-order valence-corrected chi connectivity index (χ3v) is 4.92. The first-order valence-corrected chi connectivity index (χ1v) is 5.52. The Morgan fingerprint density at radius 2 is 2.00 bits per heavy atom. The van der Waals surface area contributed by atoms with Gasteiger partial charge in [0, 0.05) is 5.38 Å². The van der Waals surface area contributed by atoms with E-state index in [1.165, 1.54) is 31.3 Å². The van der Waals surface area contributed by atoms with Gasteiger partial charge in [0.25, 0.3) is 0 Å². The number of rotatable bonds is 0. The van der Waals surface area contributed by atoms with Gasteiger partial charge in [0.2, 0.25) is 0 Å². The van der Waals surface area contributed by atoms with Crippen LogP contribution in [0.5, 0.6) is 0 Å². The van der Waals surface area contributed by atoms with Gasteiger partial charge in [0.05, 0.1) is 0 Å². The molecule has 4 bridgehead atoms. The van der Waals surface area contributed by atoms with Gasteiger partial charge in [-0.3, -0.25) is 0 Å². The molecule has 4 aliphatic rings. The fourth-order valence-corrected chi connectivity index (χ4v) is 4.19. The van der Waals surface area contributed by atoms with E-state index >= 15 is 0 Å². The monoisotopic (exact) mass is 182 g/mol. The molecule has 0 aliphatic heterocycles. The number of hydrogen-bond donors (Lipinski definition) is 0. The Labute approximate surface area is 79.0 Å². The summed E-state index contributed by atoms with van der Waals surface area (Å²) in [4.78, 5) is 0. The molecule has 4 rings (SSSR count). The predicted octanol–water partition coefficient (Wildman–Crippen LogP) is 3.22. The second-order valence-corrected chi connectivity index (χ2v) is 5.40. The van der Waals surface area contributed by atoms with E-state index in [0.29, 0.717) is 11.3 Å². The van der Waals surface area contributed by atoms with Gasteiger partial charge in [0.1, 0.15) is 0 Å². The Balaban J connectivity index is 1.98. The lowest BCUT2D eigenvalue weighted by atomic mass is 9.54. The zero-order chi connectivity index (χ0) is 8.29. The molecule has 0 N–H and O–H groups in total. The Bertz CT molecular complexity index is 233. The number of allylic oxidation sites excluding steroid dienone is 1. The number of hydrogen-bond acceptors (Lipinski definition) is 0. The van der Waals surface area contributed by atoms with Crippen molar-refractivity contribution in [3.8, 4) is 0 Å². The first-order chi connectivity index (χ1) is 5.75. The lowest BCUT2D eigenvalue weighted by molar-refractivity contribution is 0.0749. The molecule has 12 heavy (non-hydrogen) atoms. The minimum absolute atomic E-state index is 0.435. The first kappa shape index (κ1) is 7.44. The van der Waals surface area contributed by atoms with Crippen LogP contribution in [0.15, 0.2) is 12.2 Å². The summed E-state index contributed by atoms with van der Waals surface area (Å²) in [5.41, 5.74) is 1.49. The molecule has 0 aromatic rings. The van der Waals surface area contributed by atoms with E-state index in [1.807, 2.05) is 0 Å². The molecule has 0 spiro atoms. The quantitative estimate of drug-likeness (QED) is 0.399. The maximum Gasteiger partial charge on any atom is 0.0429 e. The molecule has 0 saturated heterocycles. The van der Waals surface area contributed by atoms with Crippen LogP contribution in [-0.2, 0) is 0 Å². The van der Waals surface area contributed by atoms with E-state index in [0.717, 1.165) is 17.8 Å². The van der Waals surface area contributed by atoms with E-state index in [-0.39, 0.29) is 0 Å². The van der Waals surface area contributed by atoms with Crippen LogP contribution in [0.3, 0.4) is 0 Å². The fourth-order valence-electron chi connectivity index (χ4n) is 3.72. The lowest BCUT2D eigenvalue weighted by Gasteiger charge is -2.53. The summed E-state index contributed by atoms with van der Waals surface area (Å²) in [5, 5.41) is 0.435. The molecule has 5 atom stereocenters. The molecule has 66 valence electrons. The fraction of sp³-hybridized carbons (Fsp3) is 0.818. The third kappa shape index (κ3) is 0.797. The highest BCUT2D eigenvalue weighted by Crippen LogP contribution is 2.57. The van der Waals surface area contributed by atoms with Crippen molar-refractivity contribution in [3.05, 3.63) is 12.2 Å². The minimum atomic E-state index is 0.435. The molecule has 0 heterocycles. The van der Waals surface area contributed by atoms with Crippen molar-refractivity contribution in [2.24, 2.45) is 23.7 Å². The van der Waals surface area contributed by atoms with E-state index in [1.54, 1.807) is 0 Å².